The zero-order valence-corrected chi connectivity index (χ0v) is 16.2. The van der Waals surface area contributed by atoms with Gasteiger partial charge < -0.3 is 15.4 Å². The van der Waals surface area contributed by atoms with Gasteiger partial charge in [-0.15, -0.1) is 0 Å². The van der Waals surface area contributed by atoms with Gasteiger partial charge in [0.15, 0.2) is 5.75 Å². The fraction of sp³-hybridized carbons (Fsp3) is 0.217. The molecule has 0 atom stereocenters. The van der Waals surface area contributed by atoms with Gasteiger partial charge in [-0.2, -0.15) is 0 Å². The minimum atomic E-state index is -0.210. The second kappa shape index (κ2) is 9.55. The van der Waals surface area contributed by atoms with Crippen LogP contribution in [0.5, 0.6) is 11.5 Å². The highest BCUT2D eigenvalue weighted by atomic mass is 16.5. The van der Waals surface area contributed by atoms with E-state index in [-0.39, 0.29) is 5.91 Å². The first-order valence-electron chi connectivity index (χ1n) is 9.45. The highest BCUT2D eigenvalue weighted by Crippen LogP contribution is 2.29. The van der Waals surface area contributed by atoms with E-state index in [4.69, 9.17) is 4.74 Å². The normalized spacial score (nSPS) is 10.5. The number of aromatic nitrogens is 1. The van der Waals surface area contributed by atoms with Gasteiger partial charge in [-0.1, -0.05) is 44.2 Å². The minimum absolute atomic E-state index is 0.210. The molecule has 5 heteroatoms. The molecule has 5 nitrogen and oxygen atoms in total. The average molecular weight is 375 g/mol. The van der Waals surface area contributed by atoms with E-state index in [0.717, 1.165) is 13.0 Å². The van der Waals surface area contributed by atoms with Crippen molar-refractivity contribution in [2.75, 3.05) is 17.2 Å². The van der Waals surface area contributed by atoms with Crippen LogP contribution >= 0.6 is 0 Å². The Labute approximate surface area is 165 Å². The standard InChI is InChI=1S/C23H25N3O2/c1-17(2)12-14-24-22-16-18(13-15-25-22)23(27)26-20-10-6-7-11-21(20)28-19-8-4-3-5-9-19/h3-11,13,15-17H,12,14H2,1-2H3,(H,24,25)(H,26,27). The molecule has 0 unspecified atom stereocenters. The molecule has 0 saturated heterocycles. The molecule has 0 aliphatic carbocycles. The molecule has 144 valence electrons. The van der Waals surface area contributed by atoms with Gasteiger partial charge in [0.2, 0.25) is 0 Å². The monoisotopic (exact) mass is 375 g/mol. The number of hydrogen-bond donors (Lipinski definition) is 2. The van der Waals surface area contributed by atoms with Crippen molar-refractivity contribution in [1.29, 1.82) is 0 Å². The number of para-hydroxylation sites is 3. The lowest BCUT2D eigenvalue weighted by molar-refractivity contribution is 0.102. The summed E-state index contributed by atoms with van der Waals surface area (Å²) in [5.41, 5.74) is 1.15. The van der Waals surface area contributed by atoms with Crippen molar-refractivity contribution in [3.63, 3.8) is 0 Å². The van der Waals surface area contributed by atoms with Crippen molar-refractivity contribution in [1.82, 2.24) is 4.98 Å². The number of ether oxygens (including phenoxy) is 1. The average Bonchev–Trinajstić information content (AvgIpc) is 2.70. The van der Waals surface area contributed by atoms with E-state index in [1.54, 1.807) is 18.3 Å². The molecule has 1 heterocycles. The first-order valence-corrected chi connectivity index (χ1v) is 9.45. The maximum absolute atomic E-state index is 12.7. The van der Waals surface area contributed by atoms with Gasteiger partial charge in [0.1, 0.15) is 11.6 Å². The molecule has 2 N–H and O–H groups in total. The Morgan fingerprint density at radius 2 is 1.79 bits per heavy atom. The Morgan fingerprint density at radius 1 is 1.04 bits per heavy atom. The molecule has 0 fully saturated rings. The molecule has 1 aromatic heterocycles. The lowest BCUT2D eigenvalue weighted by Crippen LogP contribution is -2.14. The van der Waals surface area contributed by atoms with Crippen molar-refractivity contribution in [2.24, 2.45) is 5.92 Å². The predicted molar refractivity (Wildman–Crippen MR) is 113 cm³/mol. The molecule has 0 bridgehead atoms. The van der Waals surface area contributed by atoms with Crippen LogP contribution < -0.4 is 15.4 Å². The fourth-order valence-electron chi connectivity index (χ4n) is 2.63. The van der Waals surface area contributed by atoms with Gasteiger partial charge in [-0.25, -0.2) is 4.98 Å². The molecule has 1 amide bonds. The summed E-state index contributed by atoms with van der Waals surface area (Å²) in [5.74, 6) is 2.40. The van der Waals surface area contributed by atoms with E-state index in [1.165, 1.54) is 0 Å². The summed E-state index contributed by atoms with van der Waals surface area (Å²) in [6.07, 6.45) is 2.68. The molecule has 3 rings (SSSR count). The van der Waals surface area contributed by atoms with Crippen LogP contribution in [0.3, 0.4) is 0 Å². The van der Waals surface area contributed by atoms with E-state index in [1.807, 2.05) is 54.6 Å². The maximum Gasteiger partial charge on any atom is 0.255 e. The predicted octanol–water partition coefficient (Wildman–Crippen LogP) is 5.58. The highest BCUT2D eigenvalue weighted by Gasteiger charge is 2.11. The summed E-state index contributed by atoms with van der Waals surface area (Å²) in [6, 6.07) is 20.3. The highest BCUT2D eigenvalue weighted by molar-refractivity contribution is 6.05. The largest absolute Gasteiger partial charge is 0.455 e. The third-order valence-electron chi connectivity index (χ3n) is 4.16. The zero-order chi connectivity index (χ0) is 19.8. The molecule has 0 radical (unpaired) electrons. The maximum atomic E-state index is 12.7. The SMILES string of the molecule is CC(C)CCNc1cc(C(=O)Nc2ccccc2Oc2ccccc2)ccn1. The summed E-state index contributed by atoms with van der Waals surface area (Å²) in [7, 11) is 0. The van der Waals surface area contributed by atoms with Gasteiger partial charge in [-0.3, -0.25) is 4.79 Å². The smallest absolute Gasteiger partial charge is 0.255 e. The van der Waals surface area contributed by atoms with E-state index in [2.05, 4.69) is 29.5 Å². The quantitative estimate of drug-likeness (QED) is 0.539. The number of amides is 1. The van der Waals surface area contributed by atoms with Crippen LogP contribution in [-0.2, 0) is 0 Å². The van der Waals surface area contributed by atoms with E-state index >= 15 is 0 Å². The Kier molecular flexibility index (Phi) is 6.63. The molecule has 0 saturated carbocycles. The van der Waals surface area contributed by atoms with Gasteiger partial charge in [0.25, 0.3) is 5.91 Å². The van der Waals surface area contributed by atoms with E-state index < -0.39 is 0 Å². The number of benzene rings is 2. The molecule has 28 heavy (non-hydrogen) atoms. The van der Waals surface area contributed by atoms with Crippen LogP contribution in [0.15, 0.2) is 72.9 Å². The summed E-state index contributed by atoms with van der Waals surface area (Å²) < 4.78 is 5.91. The topological polar surface area (TPSA) is 63.2 Å². The van der Waals surface area contributed by atoms with Crippen LogP contribution in [0.2, 0.25) is 0 Å². The molecule has 0 spiro atoms. The Morgan fingerprint density at radius 3 is 2.57 bits per heavy atom. The number of pyridine rings is 1. The number of nitrogens with one attached hydrogen (secondary N) is 2. The summed E-state index contributed by atoms with van der Waals surface area (Å²) in [4.78, 5) is 17.0. The van der Waals surface area contributed by atoms with Crippen molar-refractivity contribution < 1.29 is 9.53 Å². The molecular formula is C23H25N3O2. The number of hydrogen-bond acceptors (Lipinski definition) is 4. The Balaban J connectivity index is 1.70. The van der Waals surface area contributed by atoms with Crippen molar-refractivity contribution in [3.05, 3.63) is 78.5 Å². The molecule has 0 aliphatic rings. The summed E-state index contributed by atoms with van der Waals surface area (Å²) >= 11 is 0. The number of anilines is 2. The second-order valence-electron chi connectivity index (χ2n) is 6.90. The van der Waals surface area contributed by atoms with Crippen LogP contribution in [-0.4, -0.2) is 17.4 Å². The van der Waals surface area contributed by atoms with Crippen molar-refractivity contribution >= 4 is 17.4 Å². The van der Waals surface area contributed by atoms with Crippen LogP contribution in [0.4, 0.5) is 11.5 Å². The first-order chi connectivity index (χ1) is 13.6. The third-order valence-corrected chi connectivity index (χ3v) is 4.16. The minimum Gasteiger partial charge on any atom is -0.455 e. The fourth-order valence-corrected chi connectivity index (χ4v) is 2.63. The van der Waals surface area contributed by atoms with E-state index in [0.29, 0.717) is 34.5 Å². The zero-order valence-electron chi connectivity index (χ0n) is 16.2. The lowest BCUT2D eigenvalue weighted by Gasteiger charge is -2.13. The number of carbonyl (C=O) groups is 1. The van der Waals surface area contributed by atoms with Crippen molar-refractivity contribution in [3.8, 4) is 11.5 Å². The Hall–Kier alpha value is -3.34. The van der Waals surface area contributed by atoms with Gasteiger partial charge in [-0.05, 0) is 48.7 Å². The van der Waals surface area contributed by atoms with Gasteiger partial charge in [0, 0.05) is 18.3 Å². The third kappa shape index (κ3) is 5.58. The summed E-state index contributed by atoms with van der Waals surface area (Å²) in [6.45, 7) is 5.17. The van der Waals surface area contributed by atoms with Gasteiger partial charge in [0.05, 0.1) is 5.69 Å². The van der Waals surface area contributed by atoms with Gasteiger partial charge >= 0.3 is 0 Å². The number of rotatable bonds is 8. The van der Waals surface area contributed by atoms with Crippen LogP contribution in [0.25, 0.3) is 0 Å². The first kappa shape index (κ1) is 19.4. The molecular weight excluding hydrogens is 350 g/mol. The number of carbonyl (C=O) groups excluding carboxylic acids is 1. The molecule has 2 aromatic carbocycles. The van der Waals surface area contributed by atoms with Crippen LogP contribution in [0, 0.1) is 5.92 Å². The Bertz CT molecular complexity index is 910. The van der Waals surface area contributed by atoms with Crippen molar-refractivity contribution in [2.45, 2.75) is 20.3 Å². The lowest BCUT2D eigenvalue weighted by atomic mass is 10.1. The number of nitrogens with zero attached hydrogens (tertiary/aromatic N) is 1. The summed E-state index contributed by atoms with van der Waals surface area (Å²) in [5, 5.41) is 6.19. The second-order valence-corrected chi connectivity index (χ2v) is 6.90. The van der Waals surface area contributed by atoms with Crippen LogP contribution in [0.1, 0.15) is 30.6 Å². The molecule has 0 aliphatic heterocycles. The molecule has 3 aromatic rings. The van der Waals surface area contributed by atoms with E-state index in [9.17, 15) is 4.79 Å².